The number of aliphatic imine (C=N–C) groups is 1. The molecule has 0 saturated carbocycles. The fourth-order valence-electron chi connectivity index (χ4n) is 2.83. The van der Waals surface area contributed by atoms with Crippen molar-refractivity contribution in [2.45, 2.75) is 12.8 Å². The molecule has 0 fully saturated rings. The Morgan fingerprint density at radius 3 is 2.84 bits per heavy atom. The minimum atomic E-state index is 0. The lowest BCUT2D eigenvalue weighted by Crippen LogP contribution is -2.44. The summed E-state index contributed by atoms with van der Waals surface area (Å²) in [4.78, 5) is 19.8. The molecule has 2 N–H and O–H groups in total. The maximum Gasteiger partial charge on any atom is 0.246 e. The molecular weight excluding hydrogens is 447 g/mol. The molecule has 0 aliphatic carbocycles. The van der Waals surface area contributed by atoms with Crippen molar-refractivity contribution < 1.29 is 4.79 Å². The molecule has 2 aromatic rings. The molecule has 1 aliphatic rings. The van der Waals surface area contributed by atoms with Gasteiger partial charge in [-0.05, 0) is 35.9 Å². The quantitative estimate of drug-likeness (QED) is 0.402. The van der Waals surface area contributed by atoms with E-state index in [1.807, 2.05) is 23.1 Å². The summed E-state index contributed by atoms with van der Waals surface area (Å²) in [6, 6.07) is 12.3. The predicted octanol–water partition coefficient (Wildman–Crippen LogP) is 2.66. The van der Waals surface area contributed by atoms with Crippen molar-refractivity contribution >= 4 is 52.9 Å². The van der Waals surface area contributed by atoms with Gasteiger partial charge in [0.1, 0.15) is 0 Å². The van der Waals surface area contributed by atoms with E-state index in [1.165, 1.54) is 10.4 Å². The zero-order valence-electron chi connectivity index (χ0n) is 14.2. The SMILES string of the molecule is CN=C(NCCc1cccs1)NCC(=O)N1CCc2ccccc21.I. The van der Waals surface area contributed by atoms with Gasteiger partial charge in [0.25, 0.3) is 0 Å². The highest BCUT2D eigenvalue weighted by Gasteiger charge is 2.23. The summed E-state index contributed by atoms with van der Waals surface area (Å²) in [7, 11) is 1.72. The molecule has 5 nitrogen and oxygen atoms in total. The second kappa shape index (κ2) is 9.76. The number of benzene rings is 1. The molecule has 0 atom stereocenters. The molecule has 0 saturated heterocycles. The van der Waals surface area contributed by atoms with Gasteiger partial charge < -0.3 is 15.5 Å². The zero-order chi connectivity index (χ0) is 16.8. The van der Waals surface area contributed by atoms with Crippen LogP contribution in [0.15, 0.2) is 46.8 Å². The van der Waals surface area contributed by atoms with Crippen molar-refractivity contribution in [2.75, 3.05) is 31.6 Å². The molecule has 1 aromatic heterocycles. The molecule has 0 spiro atoms. The highest BCUT2D eigenvalue weighted by molar-refractivity contribution is 14.0. The molecule has 1 amide bonds. The number of nitrogens with zero attached hydrogens (tertiary/aromatic N) is 2. The summed E-state index contributed by atoms with van der Waals surface area (Å²) in [6.07, 6.45) is 1.88. The van der Waals surface area contributed by atoms with Gasteiger partial charge in [0.2, 0.25) is 5.91 Å². The molecule has 25 heavy (non-hydrogen) atoms. The fourth-order valence-corrected chi connectivity index (χ4v) is 3.54. The molecule has 7 heteroatoms. The first-order valence-electron chi connectivity index (χ1n) is 8.13. The third-order valence-electron chi connectivity index (χ3n) is 4.06. The van der Waals surface area contributed by atoms with Gasteiger partial charge in [-0.2, -0.15) is 0 Å². The molecule has 2 heterocycles. The van der Waals surface area contributed by atoms with E-state index < -0.39 is 0 Å². The van der Waals surface area contributed by atoms with Gasteiger partial charge in [-0.1, -0.05) is 24.3 Å². The van der Waals surface area contributed by atoms with Gasteiger partial charge in [0, 0.05) is 30.7 Å². The first-order chi connectivity index (χ1) is 11.8. The number of amides is 1. The Labute approximate surface area is 169 Å². The van der Waals surface area contributed by atoms with Crippen LogP contribution >= 0.6 is 35.3 Å². The Balaban J connectivity index is 0.00000225. The van der Waals surface area contributed by atoms with Crippen LogP contribution in [0.25, 0.3) is 0 Å². The van der Waals surface area contributed by atoms with Crippen LogP contribution in [0.4, 0.5) is 5.69 Å². The summed E-state index contributed by atoms with van der Waals surface area (Å²) in [5.74, 6) is 0.730. The van der Waals surface area contributed by atoms with Gasteiger partial charge in [0.15, 0.2) is 5.96 Å². The number of hydrogen-bond donors (Lipinski definition) is 2. The van der Waals surface area contributed by atoms with E-state index in [0.29, 0.717) is 5.96 Å². The highest BCUT2D eigenvalue weighted by Crippen LogP contribution is 2.27. The number of rotatable bonds is 5. The minimum Gasteiger partial charge on any atom is -0.356 e. The van der Waals surface area contributed by atoms with Gasteiger partial charge in [-0.3, -0.25) is 9.79 Å². The summed E-state index contributed by atoms with van der Waals surface area (Å²) in [6.45, 7) is 1.79. The van der Waals surface area contributed by atoms with Gasteiger partial charge in [-0.25, -0.2) is 0 Å². The van der Waals surface area contributed by atoms with Crippen molar-refractivity contribution in [3.05, 3.63) is 52.2 Å². The maximum atomic E-state index is 12.5. The Morgan fingerprint density at radius 2 is 2.08 bits per heavy atom. The number of fused-ring (bicyclic) bond motifs is 1. The number of halogens is 1. The van der Waals surface area contributed by atoms with E-state index >= 15 is 0 Å². The zero-order valence-corrected chi connectivity index (χ0v) is 17.3. The molecule has 0 bridgehead atoms. The van der Waals surface area contributed by atoms with Crippen LogP contribution in [0.2, 0.25) is 0 Å². The highest BCUT2D eigenvalue weighted by atomic mass is 127. The summed E-state index contributed by atoms with van der Waals surface area (Å²) >= 11 is 1.75. The number of nitrogens with one attached hydrogen (secondary N) is 2. The number of anilines is 1. The van der Waals surface area contributed by atoms with Crippen LogP contribution in [0, 0.1) is 0 Å². The summed E-state index contributed by atoms with van der Waals surface area (Å²) in [5, 5.41) is 8.43. The molecule has 134 valence electrons. The molecule has 3 rings (SSSR count). The monoisotopic (exact) mass is 470 g/mol. The van der Waals surface area contributed by atoms with Crippen LogP contribution in [-0.2, 0) is 17.6 Å². The number of thiophene rings is 1. The number of guanidine groups is 1. The van der Waals surface area contributed by atoms with E-state index in [1.54, 1.807) is 18.4 Å². The Kier molecular flexibility index (Phi) is 7.70. The van der Waals surface area contributed by atoms with Crippen LogP contribution in [0.1, 0.15) is 10.4 Å². The third kappa shape index (κ3) is 5.18. The molecule has 1 aromatic carbocycles. The smallest absolute Gasteiger partial charge is 0.246 e. The van der Waals surface area contributed by atoms with Crippen LogP contribution in [0.3, 0.4) is 0 Å². The van der Waals surface area contributed by atoms with Gasteiger partial charge >= 0.3 is 0 Å². The molecule has 0 unspecified atom stereocenters. The standard InChI is InChI=1S/C18H22N4OS.HI/c1-19-18(20-10-8-15-6-4-12-24-15)21-13-17(23)22-11-9-14-5-2-3-7-16(14)22;/h2-7,12H,8-11,13H2,1H3,(H2,19,20,21);1H. The number of para-hydroxylation sites is 1. The predicted molar refractivity (Wildman–Crippen MR) is 115 cm³/mol. The topological polar surface area (TPSA) is 56.7 Å². The Hall–Kier alpha value is -1.61. The van der Waals surface area contributed by atoms with E-state index in [0.717, 1.165) is 31.6 Å². The van der Waals surface area contributed by atoms with Crippen LogP contribution in [0.5, 0.6) is 0 Å². The molecule has 0 radical (unpaired) electrons. The largest absolute Gasteiger partial charge is 0.356 e. The first kappa shape index (κ1) is 19.7. The average molecular weight is 470 g/mol. The van der Waals surface area contributed by atoms with E-state index in [-0.39, 0.29) is 36.4 Å². The minimum absolute atomic E-state index is 0. The average Bonchev–Trinajstić information content (AvgIpc) is 3.27. The van der Waals surface area contributed by atoms with Crippen molar-refractivity contribution in [2.24, 2.45) is 4.99 Å². The lowest BCUT2D eigenvalue weighted by Gasteiger charge is -2.18. The van der Waals surface area contributed by atoms with Gasteiger partial charge in [-0.15, -0.1) is 35.3 Å². The third-order valence-corrected chi connectivity index (χ3v) is 5.00. The van der Waals surface area contributed by atoms with Crippen molar-refractivity contribution in [3.8, 4) is 0 Å². The number of hydrogen-bond acceptors (Lipinski definition) is 3. The second-order valence-electron chi connectivity index (χ2n) is 5.61. The fraction of sp³-hybridized carbons (Fsp3) is 0.333. The number of carbonyl (C=O) groups is 1. The van der Waals surface area contributed by atoms with Crippen LogP contribution in [-0.4, -0.2) is 38.5 Å². The summed E-state index contributed by atoms with van der Waals surface area (Å²) in [5.41, 5.74) is 2.27. The van der Waals surface area contributed by atoms with E-state index in [4.69, 9.17) is 0 Å². The molecule has 1 aliphatic heterocycles. The lowest BCUT2D eigenvalue weighted by molar-refractivity contribution is -0.117. The van der Waals surface area contributed by atoms with E-state index in [2.05, 4.69) is 39.2 Å². The van der Waals surface area contributed by atoms with Crippen LogP contribution < -0.4 is 15.5 Å². The lowest BCUT2D eigenvalue weighted by atomic mass is 10.2. The number of carbonyl (C=O) groups excluding carboxylic acids is 1. The normalized spacial score (nSPS) is 13.2. The summed E-state index contributed by atoms with van der Waals surface area (Å²) < 4.78 is 0. The van der Waals surface area contributed by atoms with Crippen molar-refractivity contribution in [1.82, 2.24) is 10.6 Å². The maximum absolute atomic E-state index is 12.5. The van der Waals surface area contributed by atoms with Crippen molar-refractivity contribution in [3.63, 3.8) is 0 Å². The van der Waals surface area contributed by atoms with Gasteiger partial charge in [0.05, 0.1) is 6.54 Å². The van der Waals surface area contributed by atoms with Crippen molar-refractivity contribution in [1.29, 1.82) is 0 Å². The Bertz CT molecular complexity index is 718. The first-order valence-corrected chi connectivity index (χ1v) is 9.01. The molecular formula is C18H23IN4OS. The van der Waals surface area contributed by atoms with E-state index in [9.17, 15) is 4.79 Å². The second-order valence-corrected chi connectivity index (χ2v) is 6.64. The Morgan fingerprint density at radius 1 is 1.24 bits per heavy atom.